The summed E-state index contributed by atoms with van der Waals surface area (Å²) in [6.45, 7) is 8.81. The molecule has 0 aromatic rings. The largest absolute Gasteiger partial charge is 0.310 e. The first-order valence-corrected chi connectivity index (χ1v) is 2.34. The normalized spacial score (nSPS) is 6.22. The van der Waals surface area contributed by atoms with Crippen molar-refractivity contribution in [2.45, 2.75) is 0 Å². The third kappa shape index (κ3) is 17.8. The van der Waals surface area contributed by atoms with Crippen LogP contribution in [-0.2, 0) is 0 Å². The Morgan fingerprint density at radius 3 is 1.56 bits per heavy atom. The summed E-state index contributed by atoms with van der Waals surface area (Å²) in [5.74, 6) is 0. The van der Waals surface area contributed by atoms with Gasteiger partial charge >= 0.3 is 0 Å². The Kier molecular flexibility index (Phi) is 28.4. The van der Waals surface area contributed by atoms with E-state index >= 15 is 0 Å². The molecule has 56 valence electrons. The minimum Gasteiger partial charge on any atom is -0.310 e. The van der Waals surface area contributed by atoms with Crippen LogP contribution in [-0.4, -0.2) is 13.1 Å². The lowest BCUT2D eigenvalue weighted by atomic mass is 10.5. The fraction of sp³-hybridized carbons (Fsp3) is 0.333. The quantitative estimate of drug-likeness (QED) is 0.602. The van der Waals surface area contributed by atoms with E-state index in [-0.39, 0.29) is 34.0 Å². The highest BCUT2D eigenvalue weighted by atomic mass is 79.9. The summed E-state index contributed by atoms with van der Waals surface area (Å²) in [7, 11) is 0. The fourth-order valence-electron chi connectivity index (χ4n) is 0.287. The van der Waals surface area contributed by atoms with Crippen LogP contribution in [0.3, 0.4) is 0 Å². The van der Waals surface area contributed by atoms with Crippen molar-refractivity contribution in [3.8, 4) is 0 Å². The van der Waals surface area contributed by atoms with E-state index in [2.05, 4.69) is 18.5 Å². The van der Waals surface area contributed by atoms with Gasteiger partial charge in [0.25, 0.3) is 0 Å². The molecule has 3 heteroatoms. The molecule has 0 saturated heterocycles. The van der Waals surface area contributed by atoms with Gasteiger partial charge in [0.15, 0.2) is 0 Å². The number of rotatable bonds is 4. The lowest BCUT2D eigenvalue weighted by molar-refractivity contribution is 0.845. The molecule has 9 heavy (non-hydrogen) atoms. The van der Waals surface area contributed by atoms with E-state index in [4.69, 9.17) is 0 Å². The molecule has 0 aromatic carbocycles. The molecule has 0 aliphatic carbocycles. The number of hydrogen-bond acceptors (Lipinski definition) is 1. The molecular weight excluding hydrogens is 246 g/mol. The Labute approximate surface area is 77.8 Å². The predicted molar refractivity (Wildman–Crippen MR) is 53.9 cm³/mol. The molecule has 0 radical (unpaired) electrons. The van der Waals surface area contributed by atoms with E-state index in [0.29, 0.717) is 0 Å². The zero-order chi connectivity index (χ0) is 5.54. The van der Waals surface area contributed by atoms with Crippen molar-refractivity contribution in [3.63, 3.8) is 0 Å². The molecule has 0 fully saturated rings. The van der Waals surface area contributed by atoms with E-state index < -0.39 is 0 Å². The second-order valence-corrected chi connectivity index (χ2v) is 1.24. The molecule has 0 unspecified atom stereocenters. The first kappa shape index (κ1) is 16.2. The second-order valence-electron chi connectivity index (χ2n) is 1.24. The van der Waals surface area contributed by atoms with Crippen molar-refractivity contribution < 1.29 is 0 Å². The Morgan fingerprint density at radius 1 is 1.00 bits per heavy atom. The maximum atomic E-state index is 3.54. The highest BCUT2D eigenvalue weighted by molar-refractivity contribution is 8.93. The van der Waals surface area contributed by atoms with Crippen molar-refractivity contribution in [1.82, 2.24) is 5.32 Å². The van der Waals surface area contributed by atoms with Gasteiger partial charge in [-0.25, -0.2) is 0 Å². The first-order valence-electron chi connectivity index (χ1n) is 2.34. The first-order chi connectivity index (χ1) is 3.41. The molecule has 0 bridgehead atoms. The van der Waals surface area contributed by atoms with Gasteiger partial charge in [0.05, 0.1) is 0 Å². The summed E-state index contributed by atoms with van der Waals surface area (Å²) in [5.41, 5.74) is 0. The molecule has 1 nitrogen and oxygen atoms in total. The minimum absolute atomic E-state index is 0. The lowest BCUT2D eigenvalue weighted by Crippen LogP contribution is -2.11. The van der Waals surface area contributed by atoms with E-state index in [1.807, 2.05) is 12.2 Å². The number of halogens is 2. The minimum atomic E-state index is 0. The molecule has 0 aliphatic rings. The fourth-order valence-corrected chi connectivity index (χ4v) is 0.287. The standard InChI is InChI=1S/C6H11N.2BrH/c1-3-5-7-6-4-2;;/h3-4,7H,1-2,5-6H2;2*1H. The summed E-state index contributed by atoms with van der Waals surface area (Å²) in [6, 6.07) is 0. The summed E-state index contributed by atoms with van der Waals surface area (Å²) in [5, 5.41) is 3.05. The highest BCUT2D eigenvalue weighted by Crippen LogP contribution is 1.59. The molecule has 0 aromatic heterocycles. The highest BCUT2D eigenvalue weighted by Gasteiger charge is 1.69. The SMILES string of the molecule is Br.Br.C=CCNCC=C. The number of hydrogen-bond donors (Lipinski definition) is 1. The predicted octanol–water partition coefficient (Wildman–Crippen LogP) is 2.10. The second kappa shape index (κ2) is 15.8. The molecule has 1 N–H and O–H groups in total. The monoisotopic (exact) mass is 257 g/mol. The Bertz CT molecular complexity index is 56.1. The number of nitrogens with one attached hydrogen (secondary N) is 1. The van der Waals surface area contributed by atoms with Crippen LogP contribution >= 0.6 is 34.0 Å². The van der Waals surface area contributed by atoms with Gasteiger partial charge in [0.1, 0.15) is 0 Å². The van der Waals surface area contributed by atoms with Crippen LogP contribution in [0.2, 0.25) is 0 Å². The van der Waals surface area contributed by atoms with Crippen molar-refractivity contribution in [3.05, 3.63) is 25.3 Å². The van der Waals surface area contributed by atoms with Gasteiger partial charge in [0, 0.05) is 13.1 Å². The molecule has 0 amide bonds. The summed E-state index contributed by atoms with van der Waals surface area (Å²) in [6.07, 6.45) is 3.65. The average Bonchev–Trinajstić information content (AvgIpc) is 1.69. The van der Waals surface area contributed by atoms with E-state index in [9.17, 15) is 0 Å². The van der Waals surface area contributed by atoms with Crippen LogP contribution in [0.15, 0.2) is 25.3 Å². The third-order valence-electron chi connectivity index (χ3n) is 0.577. The van der Waals surface area contributed by atoms with Crippen LogP contribution in [0.4, 0.5) is 0 Å². The van der Waals surface area contributed by atoms with Gasteiger partial charge in [-0.15, -0.1) is 47.1 Å². The van der Waals surface area contributed by atoms with Crippen molar-refractivity contribution in [2.24, 2.45) is 0 Å². The van der Waals surface area contributed by atoms with Crippen LogP contribution < -0.4 is 5.32 Å². The summed E-state index contributed by atoms with van der Waals surface area (Å²) in [4.78, 5) is 0. The van der Waals surface area contributed by atoms with Gasteiger partial charge in [-0.05, 0) is 0 Å². The van der Waals surface area contributed by atoms with E-state index in [0.717, 1.165) is 13.1 Å². The maximum absolute atomic E-state index is 3.54. The topological polar surface area (TPSA) is 12.0 Å². The molecule has 0 saturated carbocycles. The Hall–Kier alpha value is 0.400. The molecule has 0 rings (SSSR count). The zero-order valence-electron chi connectivity index (χ0n) is 5.30. The Balaban J connectivity index is -0.000000180. The van der Waals surface area contributed by atoms with E-state index in [1.54, 1.807) is 0 Å². The third-order valence-corrected chi connectivity index (χ3v) is 0.577. The average molecular weight is 259 g/mol. The van der Waals surface area contributed by atoms with E-state index in [1.165, 1.54) is 0 Å². The molecule has 0 heterocycles. The van der Waals surface area contributed by atoms with Crippen molar-refractivity contribution in [2.75, 3.05) is 13.1 Å². The maximum Gasteiger partial charge on any atom is 0.0135 e. The van der Waals surface area contributed by atoms with Gasteiger partial charge < -0.3 is 5.32 Å². The van der Waals surface area contributed by atoms with Gasteiger partial charge in [-0.3, -0.25) is 0 Å². The smallest absolute Gasteiger partial charge is 0.0135 e. The summed E-state index contributed by atoms with van der Waals surface area (Å²) >= 11 is 0. The zero-order valence-corrected chi connectivity index (χ0v) is 8.73. The van der Waals surface area contributed by atoms with Crippen LogP contribution in [0.25, 0.3) is 0 Å². The lowest BCUT2D eigenvalue weighted by Gasteiger charge is -1.90. The molecular formula is C6H13Br2N. The molecule has 0 spiro atoms. The van der Waals surface area contributed by atoms with Gasteiger partial charge in [0.2, 0.25) is 0 Å². The van der Waals surface area contributed by atoms with Gasteiger partial charge in [-0.2, -0.15) is 0 Å². The summed E-state index contributed by atoms with van der Waals surface area (Å²) < 4.78 is 0. The van der Waals surface area contributed by atoms with Crippen LogP contribution in [0.5, 0.6) is 0 Å². The molecule has 0 atom stereocenters. The van der Waals surface area contributed by atoms with Crippen LogP contribution in [0.1, 0.15) is 0 Å². The van der Waals surface area contributed by atoms with Crippen molar-refractivity contribution >= 4 is 34.0 Å². The van der Waals surface area contributed by atoms with Gasteiger partial charge in [-0.1, -0.05) is 12.2 Å². The van der Waals surface area contributed by atoms with Crippen molar-refractivity contribution in [1.29, 1.82) is 0 Å². The van der Waals surface area contributed by atoms with Crippen LogP contribution in [0, 0.1) is 0 Å². The molecule has 0 aliphatic heterocycles. The Morgan fingerprint density at radius 2 is 1.33 bits per heavy atom.